The lowest BCUT2D eigenvalue weighted by Gasteiger charge is -2.21. The fourth-order valence-electron chi connectivity index (χ4n) is 3.76. The van der Waals surface area contributed by atoms with Crippen LogP contribution in [0.5, 0.6) is 5.75 Å². The van der Waals surface area contributed by atoms with E-state index in [1.807, 2.05) is 12.1 Å². The molecule has 0 fully saturated rings. The number of ether oxygens (including phenoxy) is 2. The summed E-state index contributed by atoms with van der Waals surface area (Å²) in [7, 11) is 1.57. The summed E-state index contributed by atoms with van der Waals surface area (Å²) in [6, 6.07) is 5.90. The highest BCUT2D eigenvalue weighted by molar-refractivity contribution is 5.80. The van der Waals surface area contributed by atoms with E-state index in [0.29, 0.717) is 12.2 Å². The number of nitrogens with one attached hydrogen (secondary N) is 1. The summed E-state index contributed by atoms with van der Waals surface area (Å²) < 4.78 is 10.8. The van der Waals surface area contributed by atoms with Gasteiger partial charge in [0.25, 0.3) is 0 Å². The molecule has 0 bridgehead atoms. The van der Waals surface area contributed by atoms with Gasteiger partial charge in [0.05, 0.1) is 7.11 Å². The van der Waals surface area contributed by atoms with Crippen LogP contribution in [0.3, 0.4) is 0 Å². The SMILES string of the molecule is CCCCCCCCCCCCC(OC(=O)NC(CCC(=O)O)C(=O)O)c1ccc(OC)cc1. The first-order chi connectivity index (χ1) is 16.4. The van der Waals surface area contributed by atoms with Crippen molar-refractivity contribution in [1.29, 1.82) is 0 Å². The second-order valence-corrected chi connectivity index (χ2v) is 8.61. The van der Waals surface area contributed by atoms with Crippen LogP contribution in [0.1, 0.15) is 102 Å². The number of rotatable bonds is 19. The van der Waals surface area contributed by atoms with Gasteiger partial charge in [0.2, 0.25) is 0 Å². The molecule has 0 heterocycles. The third kappa shape index (κ3) is 13.1. The number of carboxylic acid groups (broad SMARTS) is 2. The Morgan fingerprint density at radius 2 is 1.41 bits per heavy atom. The molecule has 34 heavy (non-hydrogen) atoms. The maximum atomic E-state index is 12.4. The van der Waals surface area contributed by atoms with Crippen molar-refractivity contribution in [1.82, 2.24) is 5.32 Å². The summed E-state index contributed by atoms with van der Waals surface area (Å²) >= 11 is 0. The molecule has 8 nitrogen and oxygen atoms in total. The summed E-state index contributed by atoms with van der Waals surface area (Å²) in [5, 5.41) is 20.3. The Kier molecular flexibility index (Phi) is 15.2. The lowest BCUT2D eigenvalue weighted by Crippen LogP contribution is -2.41. The number of hydrogen-bond acceptors (Lipinski definition) is 5. The minimum absolute atomic E-state index is 0.217. The average molecular weight is 480 g/mol. The maximum absolute atomic E-state index is 12.4. The van der Waals surface area contributed by atoms with E-state index >= 15 is 0 Å². The molecule has 2 unspecified atom stereocenters. The molecular weight excluding hydrogens is 438 g/mol. The summed E-state index contributed by atoms with van der Waals surface area (Å²) in [6.07, 6.45) is 10.6. The van der Waals surface area contributed by atoms with Gasteiger partial charge in [-0.2, -0.15) is 0 Å². The summed E-state index contributed by atoms with van der Waals surface area (Å²) in [4.78, 5) is 34.5. The van der Waals surface area contributed by atoms with Crippen molar-refractivity contribution in [2.75, 3.05) is 7.11 Å². The summed E-state index contributed by atoms with van der Waals surface area (Å²) in [5.74, 6) is -1.74. The molecule has 1 amide bonds. The van der Waals surface area contributed by atoms with Crippen molar-refractivity contribution in [2.45, 2.75) is 103 Å². The molecule has 1 aromatic rings. The van der Waals surface area contributed by atoms with Crippen LogP contribution in [0.4, 0.5) is 4.79 Å². The fraction of sp³-hybridized carbons (Fsp3) is 0.654. The van der Waals surface area contributed by atoms with Crippen molar-refractivity contribution in [3.63, 3.8) is 0 Å². The quantitative estimate of drug-likeness (QED) is 0.205. The van der Waals surface area contributed by atoms with Crippen LogP contribution in [0.2, 0.25) is 0 Å². The van der Waals surface area contributed by atoms with Crippen molar-refractivity contribution >= 4 is 18.0 Å². The molecule has 192 valence electrons. The molecule has 0 aliphatic heterocycles. The van der Waals surface area contributed by atoms with E-state index in [0.717, 1.165) is 24.8 Å². The van der Waals surface area contributed by atoms with Crippen LogP contribution in [-0.2, 0) is 14.3 Å². The number of hydrogen-bond donors (Lipinski definition) is 3. The van der Waals surface area contributed by atoms with Gasteiger partial charge in [-0.3, -0.25) is 4.79 Å². The van der Waals surface area contributed by atoms with Crippen molar-refractivity contribution in [3.05, 3.63) is 29.8 Å². The number of carbonyl (C=O) groups is 3. The molecule has 1 aromatic carbocycles. The highest BCUT2D eigenvalue weighted by atomic mass is 16.6. The predicted octanol–water partition coefficient (Wildman–Crippen LogP) is 6.09. The molecule has 1 rings (SSSR count). The zero-order valence-electron chi connectivity index (χ0n) is 20.6. The Hall–Kier alpha value is -2.77. The lowest BCUT2D eigenvalue weighted by atomic mass is 10.0. The van der Waals surface area contributed by atoms with Gasteiger partial charge >= 0.3 is 18.0 Å². The number of carboxylic acids is 2. The zero-order valence-corrected chi connectivity index (χ0v) is 20.6. The molecule has 3 N–H and O–H groups in total. The van der Waals surface area contributed by atoms with E-state index in [4.69, 9.17) is 14.6 Å². The Bertz CT molecular complexity index is 720. The van der Waals surface area contributed by atoms with Crippen LogP contribution >= 0.6 is 0 Å². The minimum atomic E-state index is -1.32. The standard InChI is InChI=1S/C26H41NO7/c1-3-4-5-6-7-8-9-10-11-12-13-23(20-14-16-21(33-2)17-15-20)34-26(32)27-22(25(30)31)18-19-24(28)29/h14-17,22-23H,3-13,18-19H2,1-2H3,(H,27,32)(H,28,29)(H,30,31). The highest BCUT2D eigenvalue weighted by Crippen LogP contribution is 2.26. The van der Waals surface area contributed by atoms with Crippen molar-refractivity contribution in [2.24, 2.45) is 0 Å². The van der Waals surface area contributed by atoms with Gasteiger partial charge in [0, 0.05) is 6.42 Å². The maximum Gasteiger partial charge on any atom is 0.408 e. The van der Waals surface area contributed by atoms with E-state index in [1.54, 1.807) is 19.2 Å². The number of benzene rings is 1. The number of methoxy groups -OCH3 is 1. The van der Waals surface area contributed by atoms with Gasteiger partial charge in [-0.1, -0.05) is 76.8 Å². The second-order valence-electron chi connectivity index (χ2n) is 8.61. The Morgan fingerprint density at radius 1 is 0.853 bits per heavy atom. The molecule has 0 aliphatic rings. The van der Waals surface area contributed by atoms with Gasteiger partial charge in [-0.15, -0.1) is 0 Å². The highest BCUT2D eigenvalue weighted by Gasteiger charge is 2.24. The van der Waals surface area contributed by atoms with Gasteiger partial charge < -0.3 is 25.0 Å². The first-order valence-corrected chi connectivity index (χ1v) is 12.4. The Balaban J connectivity index is 2.57. The van der Waals surface area contributed by atoms with E-state index in [1.165, 1.54) is 44.9 Å². The predicted molar refractivity (Wildman–Crippen MR) is 130 cm³/mol. The number of carbonyl (C=O) groups excluding carboxylic acids is 1. The molecule has 0 radical (unpaired) electrons. The molecule has 0 saturated carbocycles. The average Bonchev–Trinajstić information content (AvgIpc) is 2.81. The van der Waals surface area contributed by atoms with Crippen LogP contribution < -0.4 is 10.1 Å². The monoisotopic (exact) mass is 479 g/mol. The van der Waals surface area contributed by atoms with Gasteiger partial charge in [0.15, 0.2) is 0 Å². The largest absolute Gasteiger partial charge is 0.497 e. The molecular formula is C26H41NO7. The fourth-order valence-corrected chi connectivity index (χ4v) is 3.76. The van der Waals surface area contributed by atoms with Crippen molar-refractivity contribution < 1.29 is 34.1 Å². The van der Waals surface area contributed by atoms with Gasteiger partial charge in [0.1, 0.15) is 17.9 Å². The molecule has 0 saturated heterocycles. The van der Waals surface area contributed by atoms with E-state index in [2.05, 4.69) is 12.2 Å². The first kappa shape index (κ1) is 29.3. The third-order valence-corrected chi connectivity index (χ3v) is 5.79. The van der Waals surface area contributed by atoms with E-state index in [9.17, 15) is 19.5 Å². The lowest BCUT2D eigenvalue weighted by molar-refractivity contribution is -0.140. The van der Waals surface area contributed by atoms with Crippen LogP contribution in [0, 0.1) is 0 Å². The summed E-state index contributed by atoms with van der Waals surface area (Å²) in [6.45, 7) is 2.22. The smallest absolute Gasteiger partial charge is 0.408 e. The minimum Gasteiger partial charge on any atom is -0.497 e. The van der Waals surface area contributed by atoms with Crippen molar-refractivity contribution in [3.8, 4) is 5.75 Å². The van der Waals surface area contributed by atoms with Crippen LogP contribution in [-0.4, -0.2) is 41.4 Å². The molecule has 2 atom stereocenters. The summed E-state index contributed by atoms with van der Waals surface area (Å²) in [5.41, 5.74) is 0.796. The Morgan fingerprint density at radius 3 is 1.91 bits per heavy atom. The van der Waals surface area contributed by atoms with E-state index in [-0.39, 0.29) is 12.8 Å². The Labute approximate surface area is 203 Å². The molecule has 8 heteroatoms. The first-order valence-electron chi connectivity index (χ1n) is 12.4. The third-order valence-electron chi connectivity index (χ3n) is 5.79. The number of amides is 1. The number of aliphatic carboxylic acids is 2. The van der Waals surface area contributed by atoms with E-state index < -0.39 is 30.2 Å². The normalized spacial score (nSPS) is 12.5. The van der Waals surface area contributed by atoms with Crippen LogP contribution in [0.15, 0.2) is 24.3 Å². The second kappa shape index (κ2) is 17.7. The van der Waals surface area contributed by atoms with Gasteiger partial charge in [-0.05, 0) is 37.0 Å². The topological polar surface area (TPSA) is 122 Å². The molecule has 0 aliphatic carbocycles. The number of unbranched alkanes of at least 4 members (excludes halogenated alkanes) is 9. The van der Waals surface area contributed by atoms with Gasteiger partial charge in [-0.25, -0.2) is 9.59 Å². The van der Waals surface area contributed by atoms with Crippen LogP contribution in [0.25, 0.3) is 0 Å². The number of alkyl carbamates (subject to hydrolysis) is 1. The molecule has 0 spiro atoms. The molecule has 0 aromatic heterocycles. The zero-order chi connectivity index (χ0) is 25.2.